The first-order valence-electron chi connectivity index (χ1n) is 7.29. The number of nitrogens with zero attached hydrogens (tertiary/aromatic N) is 1. The second kappa shape index (κ2) is 5.70. The number of carboxylic acids is 1. The lowest BCUT2D eigenvalue weighted by Crippen LogP contribution is -2.33. The van der Waals surface area contributed by atoms with Crippen LogP contribution in [0.2, 0.25) is 0 Å². The van der Waals surface area contributed by atoms with Crippen LogP contribution in [-0.4, -0.2) is 22.5 Å². The molecule has 1 aliphatic rings. The molecule has 0 radical (unpaired) electrons. The molecule has 3 rings (SSSR count). The molecule has 1 atom stereocenters. The minimum Gasteiger partial charge on any atom is -0.478 e. The molecule has 108 valence electrons. The number of carboxylic acid groups (broad SMARTS) is 1. The maximum atomic E-state index is 11.0. The molecule has 1 N–H and O–H groups in total. The first-order valence-corrected chi connectivity index (χ1v) is 7.29. The van der Waals surface area contributed by atoms with Crippen molar-refractivity contribution in [1.82, 2.24) is 4.90 Å². The maximum Gasteiger partial charge on any atom is 0.335 e. The van der Waals surface area contributed by atoms with E-state index in [1.165, 1.54) is 16.7 Å². The van der Waals surface area contributed by atoms with Gasteiger partial charge in [0.25, 0.3) is 0 Å². The van der Waals surface area contributed by atoms with Gasteiger partial charge >= 0.3 is 5.97 Å². The lowest BCUT2D eigenvalue weighted by Gasteiger charge is -2.34. The van der Waals surface area contributed by atoms with Gasteiger partial charge in [-0.15, -0.1) is 0 Å². The number of carbonyl (C=O) groups is 1. The van der Waals surface area contributed by atoms with Crippen LogP contribution in [0.15, 0.2) is 48.5 Å². The summed E-state index contributed by atoms with van der Waals surface area (Å²) >= 11 is 0. The highest BCUT2D eigenvalue weighted by molar-refractivity contribution is 5.87. The van der Waals surface area contributed by atoms with Crippen molar-refractivity contribution < 1.29 is 9.90 Å². The van der Waals surface area contributed by atoms with Crippen molar-refractivity contribution in [3.8, 4) is 0 Å². The highest BCUT2D eigenvalue weighted by Crippen LogP contribution is 2.28. The van der Waals surface area contributed by atoms with E-state index < -0.39 is 5.97 Å². The number of hydrogen-bond acceptors (Lipinski definition) is 2. The third-order valence-corrected chi connectivity index (χ3v) is 4.32. The van der Waals surface area contributed by atoms with Gasteiger partial charge < -0.3 is 5.11 Å². The van der Waals surface area contributed by atoms with E-state index in [1.54, 1.807) is 6.07 Å². The number of hydrogen-bond donors (Lipinski definition) is 1. The Balaban J connectivity index is 1.80. The molecule has 3 heteroatoms. The smallest absolute Gasteiger partial charge is 0.335 e. The van der Waals surface area contributed by atoms with E-state index in [0.717, 1.165) is 19.5 Å². The number of rotatable bonds is 3. The van der Waals surface area contributed by atoms with Gasteiger partial charge in [0.1, 0.15) is 0 Å². The second-order valence-corrected chi connectivity index (χ2v) is 5.60. The SMILES string of the molecule is C[C@H](c1ccccc1)N1CCc2cc(C(=O)O)ccc2C1. The predicted molar refractivity (Wildman–Crippen MR) is 82.4 cm³/mol. The zero-order valence-corrected chi connectivity index (χ0v) is 12.1. The van der Waals surface area contributed by atoms with Crippen molar-refractivity contribution in [1.29, 1.82) is 0 Å². The largest absolute Gasteiger partial charge is 0.478 e. The molecule has 1 aliphatic heterocycles. The van der Waals surface area contributed by atoms with Crippen molar-refractivity contribution in [2.75, 3.05) is 6.54 Å². The Morgan fingerprint density at radius 1 is 1.14 bits per heavy atom. The fourth-order valence-corrected chi connectivity index (χ4v) is 2.98. The summed E-state index contributed by atoms with van der Waals surface area (Å²) < 4.78 is 0. The second-order valence-electron chi connectivity index (χ2n) is 5.60. The van der Waals surface area contributed by atoms with Crippen LogP contribution in [0, 0.1) is 0 Å². The van der Waals surface area contributed by atoms with Gasteiger partial charge in [0, 0.05) is 19.1 Å². The van der Waals surface area contributed by atoms with Crippen LogP contribution in [-0.2, 0) is 13.0 Å². The average molecular weight is 281 g/mol. The monoisotopic (exact) mass is 281 g/mol. The van der Waals surface area contributed by atoms with Crippen LogP contribution in [0.3, 0.4) is 0 Å². The van der Waals surface area contributed by atoms with Gasteiger partial charge in [0.05, 0.1) is 5.56 Å². The molecule has 0 saturated carbocycles. The quantitative estimate of drug-likeness (QED) is 0.936. The third kappa shape index (κ3) is 2.83. The van der Waals surface area contributed by atoms with E-state index in [1.807, 2.05) is 18.2 Å². The molecule has 0 aliphatic carbocycles. The highest BCUT2D eigenvalue weighted by Gasteiger charge is 2.22. The molecule has 0 spiro atoms. The van der Waals surface area contributed by atoms with Crippen LogP contribution >= 0.6 is 0 Å². The lowest BCUT2D eigenvalue weighted by atomic mass is 9.95. The molecule has 1 heterocycles. The average Bonchev–Trinajstić information content (AvgIpc) is 2.54. The first-order chi connectivity index (χ1) is 10.1. The Morgan fingerprint density at radius 3 is 2.62 bits per heavy atom. The van der Waals surface area contributed by atoms with Crippen LogP contribution in [0.25, 0.3) is 0 Å². The molecular weight excluding hydrogens is 262 g/mol. The predicted octanol–water partition coefficient (Wildman–Crippen LogP) is 3.50. The number of fused-ring (bicyclic) bond motifs is 1. The van der Waals surface area contributed by atoms with E-state index in [-0.39, 0.29) is 0 Å². The molecule has 21 heavy (non-hydrogen) atoms. The fraction of sp³-hybridized carbons (Fsp3) is 0.278. The Morgan fingerprint density at radius 2 is 1.90 bits per heavy atom. The van der Waals surface area contributed by atoms with Crippen molar-refractivity contribution in [3.63, 3.8) is 0 Å². The van der Waals surface area contributed by atoms with Crippen LogP contribution in [0.1, 0.15) is 40.0 Å². The zero-order chi connectivity index (χ0) is 14.8. The standard InChI is InChI=1S/C18H19NO2/c1-13(14-5-3-2-4-6-14)19-10-9-15-11-16(18(20)21)7-8-17(15)12-19/h2-8,11,13H,9-10,12H2,1H3,(H,20,21)/t13-/m1/s1. The maximum absolute atomic E-state index is 11.0. The summed E-state index contributed by atoms with van der Waals surface area (Å²) in [5, 5.41) is 9.06. The third-order valence-electron chi connectivity index (χ3n) is 4.32. The van der Waals surface area contributed by atoms with Gasteiger partial charge in [-0.1, -0.05) is 36.4 Å². The first kappa shape index (κ1) is 13.8. The van der Waals surface area contributed by atoms with E-state index in [4.69, 9.17) is 5.11 Å². The van der Waals surface area contributed by atoms with Gasteiger partial charge in [-0.25, -0.2) is 4.79 Å². The minimum atomic E-state index is -0.849. The van der Waals surface area contributed by atoms with Crippen molar-refractivity contribution in [3.05, 3.63) is 70.8 Å². The fourth-order valence-electron chi connectivity index (χ4n) is 2.98. The van der Waals surface area contributed by atoms with Gasteiger partial charge in [0.15, 0.2) is 0 Å². The number of benzene rings is 2. The van der Waals surface area contributed by atoms with Crippen molar-refractivity contribution in [2.24, 2.45) is 0 Å². The number of aromatic carboxylic acids is 1. The summed E-state index contributed by atoms with van der Waals surface area (Å²) in [4.78, 5) is 13.5. The molecule has 0 unspecified atom stereocenters. The van der Waals surface area contributed by atoms with Gasteiger partial charge in [0.2, 0.25) is 0 Å². The van der Waals surface area contributed by atoms with Gasteiger partial charge in [-0.05, 0) is 42.2 Å². The summed E-state index contributed by atoms with van der Waals surface area (Å²) in [5.41, 5.74) is 4.13. The molecule has 0 fully saturated rings. The summed E-state index contributed by atoms with van der Waals surface area (Å²) in [5.74, 6) is -0.849. The topological polar surface area (TPSA) is 40.5 Å². The van der Waals surface area contributed by atoms with Crippen molar-refractivity contribution >= 4 is 5.97 Å². The van der Waals surface area contributed by atoms with E-state index >= 15 is 0 Å². The summed E-state index contributed by atoms with van der Waals surface area (Å²) in [6, 6.07) is 16.4. The van der Waals surface area contributed by atoms with E-state index in [9.17, 15) is 4.79 Å². The zero-order valence-electron chi connectivity index (χ0n) is 12.1. The molecule has 2 aromatic rings. The molecule has 2 aromatic carbocycles. The summed E-state index contributed by atoms with van der Waals surface area (Å²) in [7, 11) is 0. The lowest BCUT2D eigenvalue weighted by molar-refractivity contribution is 0.0696. The van der Waals surface area contributed by atoms with E-state index in [0.29, 0.717) is 11.6 Å². The van der Waals surface area contributed by atoms with Crippen LogP contribution in [0.5, 0.6) is 0 Å². The van der Waals surface area contributed by atoms with Crippen molar-refractivity contribution in [2.45, 2.75) is 25.9 Å². The minimum absolute atomic E-state index is 0.374. The van der Waals surface area contributed by atoms with E-state index in [2.05, 4.69) is 36.1 Å². The molecule has 0 aromatic heterocycles. The van der Waals surface area contributed by atoms with Crippen LogP contribution < -0.4 is 0 Å². The summed E-state index contributed by atoms with van der Waals surface area (Å²) in [6.07, 6.45) is 0.910. The highest BCUT2D eigenvalue weighted by atomic mass is 16.4. The van der Waals surface area contributed by atoms with Gasteiger partial charge in [-0.2, -0.15) is 0 Å². The summed E-state index contributed by atoms with van der Waals surface area (Å²) in [6.45, 7) is 4.07. The Bertz CT molecular complexity index is 652. The molecule has 0 amide bonds. The molecule has 3 nitrogen and oxygen atoms in total. The Labute approximate surface area is 124 Å². The van der Waals surface area contributed by atoms with Gasteiger partial charge in [-0.3, -0.25) is 4.90 Å². The Hall–Kier alpha value is -2.13. The Kier molecular flexibility index (Phi) is 3.76. The normalized spacial score (nSPS) is 16.2. The van der Waals surface area contributed by atoms with Crippen LogP contribution in [0.4, 0.5) is 0 Å². The molecule has 0 saturated heterocycles. The molecule has 0 bridgehead atoms. The molecular formula is C18H19NO2.